The summed E-state index contributed by atoms with van der Waals surface area (Å²) in [5.74, 6) is -4.59. The molecular weight excluding hydrogens is 774 g/mol. The summed E-state index contributed by atoms with van der Waals surface area (Å²) in [6, 6.07) is 6.61. The molecule has 17 heteroatoms. The van der Waals surface area contributed by atoms with E-state index in [0.29, 0.717) is 0 Å². The minimum atomic E-state index is -2.41. The molecule has 2 bridgehead atoms. The Balaban J connectivity index is 1.53. The van der Waals surface area contributed by atoms with Gasteiger partial charge in [-0.15, -0.1) is 0 Å². The molecule has 4 fully saturated rings. The van der Waals surface area contributed by atoms with Crippen LogP contribution in [0.25, 0.3) is 0 Å². The highest BCUT2D eigenvalue weighted by molar-refractivity contribution is 5.94. The summed E-state index contributed by atoms with van der Waals surface area (Å²) in [7, 11) is 1.07. The van der Waals surface area contributed by atoms with Gasteiger partial charge in [0.05, 0.1) is 42.8 Å². The number of amides is 1. The number of fused-ring (bicyclic) bond motifs is 5. The molecule has 1 aromatic rings. The van der Waals surface area contributed by atoms with E-state index in [9.17, 15) is 39.6 Å². The first-order valence-electron chi connectivity index (χ1n) is 19.7. The van der Waals surface area contributed by atoms with Crippen LogP contribution in [0.1, 0.15) is 92.4 Å². The Hall–Kier alpha value is -4.13. The Morgan fingerprint density at radius 1 is 0.949 bits per heavy atom. The first-order valence-corrected chi connectivity index (χ1v) is 19.7. The molecule has 1 aromatic carbocycles. The molecule has 17 nitrogen and oxygen atoms in total. The first-order chi connectivity index (χ1) is 27.1. The average molecular weight is 832 g/mol. The van der Waals surface area contributed by atoms with Crippen molar-refractivity contribution in [3.05, 3.63) is 47.0 Å². The number of esters is 2. The standard InChI is InChI=1S/C42H57NO16/c1-20-24-25(45)29(46)40(10)22(44)17-23-41(19-54-23,59-35(51)53-11)27(40)30(56-31(47)21-15-13-12-14-16-21)42(52,38(24,7)8)18-39(20,9)57-32(48)26-28(37(5,6)33(49)55-26)43-34(50)58-36(2,3)4/h12-16,22-23,25-28,30,33,44-45,49,52H,17-19H2,1-11H3,(H,43,50)/t22-,23+,25+,26?,27?,28+,30-,33?,39-,40+,41-,42+/m0/s1. The maximum Gasteiger partial charge on any atom is 0.508 e. The van der Waals surface area contributed by atoms with Crippen molar-refractivity contribution in [2.45, 2.75) is 147 Å². The summed E-state index contributed by atoms with van der Waals surface area (Å²) in [5.41, 5.74) is -12.0. The number of carbonyl (C=O) groups is 5. The number of hydrogen-bond donors (Lipinski definition) is 5. The van der Waals surface area contributed by atoms with Crippen molar-refractivity contribution in [2.24, 2.45) is 22.2 Å². The van der Waals surface area contributed by atoms with Gasteiger partial charge in [-0.3, -0.25) is 4.79 Å². The van der Waals surface area contributed by atoms with E-state index < -0.39 is 124 Å². The van der Waals surface area contributed by atoms with Crippen LogP contribution in [0, 0.1) is 22.2 Å². The van der Waals surface area contributed by atoms with Crippen molar-refractivity contribution in [1.29, 1.82) is 0 Å². The van der Waals surface area contributed by atoms with E-state index in [1.54, 1.807) is 52.8 Å². The van der Waals surface area contributed by atoms with Gasteiger partial charge >= 0.3 is 24.2 Å². The normalized spacial score (nSPS) is 39.5. The Labute approximate surface area is 342 Å². The number of Topliss-reactive ketones (excluding diaryl/α,β-unsaturated/α-hetero) is 1. The fraction of sp³-hybridized carbons (Fsp3) is 0.690. The van der Waals surface area contributed by atoms with Crippen LogP contribution in [-0.4, -0.2) is 129 Å². The van der Waals surface area contributed by atoms with Gasteiger partial charge in [-0.1, -0.05) is 45.9 Å². The molecule has 59 heavy (non-hydrogen) atoms. The van der Waals surface area contributed by atoms with Crippen molar-refractivity contribution in [3.63, 3.8) is 0 Å². The number of benzene rings is 1. The van der Waals surface area contributed by atoms with Crippen molar-refractivity contribution < 1.29 is 77.6 Å². The summed E-state index contributed by atoms with van der Waals surface area (Å²) in [6.45, 7) is 15.1. The molecule has 0 spiro atoms. The lowest BCUT2D eigenvalue weighted by Crippen LogP contribution is -2.82. The second-order valence-corrected chi connectivity index (χ2v) is 19.1. The van der Waals surface area contributed by atoms with Crippen LogP contribution in [0.4, 0.5) is 9.59 Å². The average Bonchev–Trinajstić information content (AvgIpc) is 3.36. The number of rotatable bonds is 6. The molecule has 2 aliphatic heterocycles. The topological polar surface area (TPSA) is 243 Å². The van der Waals surface area contributed by atoms with Gasteiger partial charge in [0.25, 0.3) is 0 Å². The predicted octanol–water partition coefficient (Wildman–Crippen LogP) is 2.88. The lowest BCUT2D eigenvalue weighted by atomic mass is 9.44. The number of alkyl carbamates (subject to hydrolysis) is 1. The van der Waals surface area contributed by atoms with Crippen molar-refractivity contribution in [2.75, 3.05) is 13.7 Å². The molecule has 5 aliphatic rings. The molecule has 5 N–H and O–H groups in total. The van der Waals surface area contributed by atoms with E-state index in [2.05, 4.69) is 5.32 Å². The van der Waals surface area contributed by atoms with E-state index in [1.165, 1.54) is 46.8 Å². The lowest BCUT2D eigenvalue weighted by molar-refractivity contribution is -0.345. The Morgan fingerprint density at radius 2 is 1.58 bits per heavy atom. The van der Waals surface area contributed by atoms with E-state index in [0.717, 1.165) is 7.11 Å². The van der Waals surface area contributed by atoms with Crippen LogP contribution in [-0.2, 0) is 42.7 Å². The molecule has 326 valence electrons. The molecule has 12 atom stereocenters. The van der Waals surface area contributed by atoms with Gasteiger partial charge in [-0.05, 0) is 64.8 Å². The summed E-state index contributed by atoms with van der Waals surface area (Å²) in [6.07, 6.45) is -12.6. The third-order valence-electron chi connectivity index (χ3n) is 13.7. The van der Waals surface area contributed by atoms with Crippen molar-refractivity contribution in [1.82, 2.24) is 5.32 Å². The van der Waals surface area contributed by atoms with Crippen molar-refractivity contribution in [3.8, 4) is 0 Å². The van der Waals surface area contributed by atoms with E-state index in [-0.39, 0.29) is 29.7 Å². The molecule has 3 unspecified atom stereocenters. The minimum absolute atomic E-state index is 0.0600. The SMILES string of the molecule is COC(=O)O[C@@]12CO[C@@H]1C[C@H](O)[C@@]1(C)C(=O)[C@H](O)C3=C(C)[C@@](C)(OC(=O)C4OC(O)C(C)(C)[C@@H]4NC(=O)OC(C)(C)C)C[C@@](O)([C@@H](OC(=O)c4ccccc4)C12)C3(C)C. The molecule has 2 heterocycles. The predicted molar refractivity (Wildman–Crippen MR) is 203 cm³/mol. The van der Waals surface area contributed by atoms with Gasteiger partial charge in [-0.25, -0.2) is 19.2 Å². The van der Waals surface area contributed by atoms with Gasteiger partial charge in [0, 0.05) is 23.7 Å². The molecule has 6 rings (SSSR count). The number of nitrogens with one attached hydrogen (secondary N) is 1. The minimum Gasteiger partial charge on any atom is -0.455 e. The summed E-state index contributed by atoms with van der Waals surface area (Å²) in [5, 5.41) is 51.4. The number of aliphatic hydroxyl groups is 4. The van der Waals surface area contributed by atoms with E-state index in [4.69, 9.17) is 33.2 Å². The second-order valence-electron chi connectivity index (χ2n) is 19.1. The molecule has 1 amide bonds. The highest BCUT2D eigenvalue weighted by Gasteiger charge is 2.79. The monoisotopic (exact) mass is 831 g/mol. The van der Waals surface area contributed by atoms with E-state index >= 15 is 4.79 Å². The molecular formula is C42H57NO16. The smallest absolute Gasteiger partial charge is 0.455 e. The number of ketones is 1. The zero-order valence-electron chi connectivity index (χ0n) is 35.3. The number of carbonyl (C=O) groups excluding carboxylic acids is 5. The molecule has 0 radical (unpaired) electrons. The second kappa shape index (κ2) is 14.5. The number of ether oxygens (including phenoxy) is 7. The highest BCUT2D eigenvalue weighted by atomic mass is 16.8. The Bertz CT molecular complexity index is 1920. The number of aliphatic hydroxyl groups excluding tert-OH is 3. The Kier molecular flexibility index (Phi) is 10.9. The van der Waals surface area contributed by atoms with Gasteiger partial charge in [-0.2, -0.15) is 0 Å². The maximum absolute atomic E-state index is 15.1. The van der Waals surface area contributed by atoms with Gasteiger partial charge in [0.2, 0.25) is 0 Å². The highest BCUT2D eigenvalue weighted by Crippen LogP contribution is 2.65. The van der Waals surface area contributed by atoms with Crippen LogP contribution in [0.2, 0.25) is 0 Å². The summed E-state index contributed by atoms with van der Waals surface area (Å²) in [4.78, 5) is 69.8. The van der Waals surface area contributed by atoms with Crippen LogP contribution < -0.4 is 5.32 Å². The molecule has 2 saturated carbocycles. The molecule has 0 aromatic heterocycles. The van der Waals surface area contributed by atoms with Gasteiger partial charge in [0.1, 0.15) is 35.1 Å². The third kappa shape index (κ3) is 6.81. The van der Waals surface area contributed by atoms with E-state index in [1.807, 2.05) is 0 Å². The quantitative estimate of drug-likeness (QED) is 0.157. The molecule has 2 saturated heterocycles. The number of hydrogen-bond acceptors (Lipinski definition) is 16. The zero-order valence-corrected chi connectivity index (χ0v) is 35.3. The van der Waals surface area contributed by atoms with Gasteiger partial charge in [0.15, 0.2) is 23.8 Å². The van der Waals surface area contributed by atoms with Gasteiger partial charge < -0.3 is 58.9 Å². The Morgan fingerprint density at radius 3 is 2.14 bits per heavy atom. The number of methoxy groups -OCH3 is 1. The third-order valence-corrected chi connectivity index (χ3v) is 13.7. The summed E-state index contributed by atoms with van der Waals surface area (Å²) < 4.78 is 40.4. The zero-order chi connectivity index (χ0) is 44.1. The van der Waals surface area contributed by atoms with Crippen LogP contribution in [0.5, 0.6) is 0 Å². The van der Waals surface area contributed by atoms with Crippen LogP contribution in [0.3, 0.4) is 0 Å². The lowest BCUT2D eigenvalue weighted by Gasteiger charge is -2.67. The maximum atomic E-state index is 15.1. The largest absolute Gasteiger partial charge is 0.508 e. The fourth-order valence-corrected chi connectivity index (χ4v) is 10.0. The first kappa shape index (κ1) is 44.4. The van der Waals surface area contributed by atoms with Crippen LogP contribution in [0.15, 0.2) is 41.5 Å². The van der Waals surface area contributed by atoms with Crippen molar-refractivity contribution >= 4 is 30.0 Å². The van der Waals surface area contributed by atoms with Crippen LogP contribution >= 0.6 is 0 Å². The molecule has 3 aliphatic carbocycles. The summed E-state index contributed by atoms with van der Waals surface area (Å²) >= 11 is 0. The fourth-order valence-electron chi connectivity index (χ4n) is 10.0.